The van der Waals surface area contributed by atoms with Crippen LogP contribution in [0.2, 0.25) is 0 Å². The number of nitrogens with one attached hydrogen (secondary N) is 1. The molecule has 1 saturated heterocycles. The molecule has 0 radical (unpaired) electrons. The lowest BCUT2D eigenvalue weighted by Crippen LogP contribution is -2.30. The van der Waals surface area contributed by atoms with Gasteiger partial charge in [0, 0.05) is 24.3 Å². The van der Waals surface area contributed by atoms with Crippen molar-refractivity contribution in [3.8, 4) is 0 Å². The minimum atomic E-state index is -0.100. The Morgan fingerprint density at radius 2 is 1.84 bits per heavy atom. The van der Waals surface area contributed by atoms with Gasteiger partial charge in [-0.2, -0.15) is 0 Å². The van der Waals surface area contributed by atoms with Crippen molar-refractivity contribution >= 4 is 27.4 Å². The smallest absolute Gasteiger partial charge is 0.146 e. The van der Waals surface area contributed by atoms with E-state index in [0.29, 0.717) is 0 Å². The number of likely N-dealkylation sites (tertiary alicyclic amines) is 1. The summed E-state index contributed by atoms with van der Waals surface area (Å²) < 4.78 is 2.07. The second kappa shape index (κ2) is 9.00. The largest absolute Gasteiger partial charge is 0.356 e. The van der Waals surface area contributed by atoms with Gasteiger partial charge in [0.1, 0.15) is 28.3 Å². The van der Waals surface area contributed by atoms with Crippen molar-refractivity contribution in [3.05, 3.63) is 70.4 Å². The van der Waals surface area contributed by atoms with E-state index in [4.69, 9.17) is 9.97 Å². The van der Waals surface area contributed by atoms with E-state index in [1.807, 2.05) is 25.5 Å². The van der Waals surface area contributed by atoms with Crippen molar-refractivity contribution in [1.82, 2.24) is 24.4 Å². The van der Waals surface area contributed by atoms with Crippen molar-refractivity contribution in [2.45, 2.75) is 45.7 Å². The molecule has 32 heavy (non-hydrogen) atoms. The number of benzene rings is 1. The minimum absolute atomic E-state index is 0.100. The molecule has 0 bridgehead atoms. The van der Waals surface area contributed by atoms with Gasteiger partial charge in [0.05, 0.1) is 11.9 Å². The number of thiophene rings is 1. The second-order valence-electron chi connectivity index (χ2n) is 8.67. The average Bonchev–Trinajstić information content (AvgIpc) is 3.35. The van der Waals surface area contributed by atoms with E-state index in [-0.39, 0.29) is 6.04 Å². The third-order valence-corrected chi connectivity index (χ3v) is 7.52. The number of anilines is 1. The van der Waals surface area contributed by atoms with Crippen molar-refractivity contribution < 1.29 is 0 Å². The third-order valence-electron chi connectivity index (χ3n) is 6.42. The van der Waals surface area contributed by atoms with E-state index in [2.05, 4.69) is 57.9 Å². The van der Waals surface area contributed by atoms with Crippen LogP contribution in [0.4, 0.5) is 5.82 Å². The Morgan fingerprint density at radius 1 is 1.06 bits per heavy atom. The van der Waals surface area contributed by atoms with Gasteiger partial charge in [-0.15, -0.1) is 11.3 Å². The SMILES string of the molecule is Cc1sc2nc(CN3CCCCC3)nc(N[C@@H](c3ccccc3)c3nccn3C)c2c1C. The summed E-state index contributed by atoms with van der Waals surface area (Å²) in [5.74, 6) is 2.76. The van der Waals surface area contributed by atoms with Crippen molar-refractivity contribution in [3.63, 3.8) is 0 Å². The Bertz CT molecular complexity index is 1210. The molecule has 1 aromatic carbocycles. The molecule has 166 valence electrons. The van der Waals surface area contributed by atoms with Crippen LogP contribution in [0.1, 0.15) is 53.0 Å². The molecule has 1 N–H and O–H groups in total. The number of rotatable bonds is 6. The summed E-state index contributed by atoms with van der Waals surface area (Å²) in [6, 6.07) is 10.4. The number of hydrogen-bond acceptors (Lipinski definition) is 6. The van der Waals surface area contributed by atoms with Crippen molar-refractivity contribution in [1.29, 1.82) is 0 Å². The molecule has 0 amide bonds. The lowest BCUT2D eigenvalue weighted by molar-refractivity contribution is 0.216. The Hall–Kier alpha value is -2.77. The lowest BCUT2D eigenvalue weighted by Gasteiger charge is -2.26. The Kier molecular flexibility index (Phi) is 5.93. The molecule has 3 aromatic heterocycles. The Morgan fingerprint density at radius 3 is 2.56 bits per heavy atom. The normalized spacial score (nSPS) is 15.8. The molecular formula is C25H30N6S. The minimum Gasteiger partial charge on any atom is -0.356 e. The third kappa shape index (κ3) is 4.14. The molecular weight excluding hydrogens is 416 g/mol. The van der Waals surface area contributed by atoms with Crippen LogP contribution in [0.3, 0.4) is 0 Å². The van der Waals surface area contributed by atoms with E-state index in [1.54, 1.807) is 11.3 Å². The summed E-state index contributed by atoms with van der Waals surface area (Å²) in [4.78, 5) is 19.6. The number of piperidine rings is 1. The molecule has 1 atom stereocenters. The van der Waals surface area contributed by atoms with Gasteiger partial charge in [-0.3, -0.25) is 4.90 Å². The summed E-state index contributed by atoms with van der Waals surface area (Å²) in [5, 5.41) is 4.90. The highest BCUT2D eigenvalue weighted by Gasteiger charge is 2.23. The van der Waals surface area contributed by atoms with Crippen LogP contribution in [0.25, 0.3) is 10.2 Å². The molecule has 5 rings (SSSR count). The molecule has 0 spiro atoms. The number of hydrogen-bond donors (Lipinski definition) is 1. The summed E-state index contributed by atoms with van der Waals surface area (Å²) >= 11 is 1.76. The van der Waals surface area contributed by atoms with Crippen LogP contribution in [-0.2, 0) is 13.6 Å². The van der Waals surface area contributed by atoms with Gasteiger partial charge in [0.15, 0.2) is 0 Å². The zero-order valence-corrected chi connectivity index (χ0v) is 19.8. The zero-order valence-electron chi connectivity index (χ0n) is 19.0. The van der Waals surface area contributed by atoms with Crippen molar-refractivity contribution in [2.24, 2.45) is 7.05 Å². The maximum atomic E-state index is 5.08. The summed E-state index contributed by atoms with van der Waals surface area (Å²) in [6.07, 6.45) is 7.70. The molecule has 1 aliphatic heterocycles. The van der Waals surface area contributed by atoms with Crippen LogP contribution >= 0.6 is 11.3 Å². The first-order chi connectivity index (χ1) is 15.6. The highest BCUT2D eigenvalue weighted by molar-refractivity contribution is 7.18. The highest BCUT2D eigenvalue weighted by Crippen LogP contribution is 2.36. The van der Waals surface area contributed by atoms with E-state index < -0.39 is 0 Å². The first-order valence-corrected chi connectivity index (χ1v) is 12.2. The first kappa shape index (κ1) is 21.1. The van der Waals surface area contributed by atoms with Gasteiger partial charge in [-0.1, -0.05) is 36.8 Å². The fourth-order valence-corrected chi connectivity index (χ4v) is 5.57. The van der Waals surface area contributed by atoms with E-state index >= 15 is 0 Å². The van der Waals surface area contributed by atoms with Crippen LogP contribution in [-0.4, -0.2) is 37.5 Å². The Labute approximate surface area is 193 Å². The van der Waals surface area contributed by atoms with E-state index in [9.17, 15) is 0 Å². The van der Waals surface area contributed by atoms with Gasteiger partial charge in [0.25, 0.3) is 0 Å². The van der Waals surface area contributed by atoms with Crippen LogP contribution < -0.4 is 5.32 Å². The predicted molar refractivity (Wildman–Crippen MR) is 131 cm³/mol. The number of imidazole rings is 1. The quantitative estimate of drug-likeness (QED) is 0.439. The second-order valence-corrected chi connectivity index (χ2v) is 9.88. The van der Waals surface area contributed by atoms with Gasteiger partial charge in [0.2, 0.25) is 0 Å². The number of nitrogens with zero attached hydrogens (tertiary/aromatic N) is 5. The molecule has 4 heterocycles. The standard InChI is InChI=1S/C25H30N6S/c1-17-18(2)32-25-21(17)23(27-20(28-25)16-31-13-8-5-9-14-31)29-22(19-10-6-4-7-11-19)24-26-12-15-30(24)3/h4,6-7,10-12,15,22H,5,8-9,13-14,16H2,1-3H3,(H,27,28,29)/t22-/m0/s1. The monoisotopic (exact) mass is 446 g/mol. The van der Waals surface area contributed by atoms with E-state index in [0.717, 1.165) is 52.9 Å². The van der Waals surface area contributed by atoms with Gasteiger partial charge in [-0.25, -0.2) is 15.0 Å². The average molecular weight is 447 g/mol. The summed E-state index contributed by atoms with van der Waals surface area (Å²) in [7, 11) is 2.04. The molecule has 6 nitrogen and oxygen atoms in total. The van der Waals surface area contributed by atoms with Crippen molar-refractivity contribution in [2.75, 3.05) is 18.4 Å². The zero-order chi connectivity index (χ0) is 22.1. The summed E-state index contributed by atoms with van der Waals surface area (Å²) in [6.45, 7) is 7.41. The first-order valence-electron chi connectivity index (χ1n) is 11.4. The summed E-state index contributed by atoms with van der Waals surface area (Å²) in [5.41, 5.74) is 2.42. The maximum absolute atomic E-state index is 5.08. The maximum Gasteiger partial charge on any atom is 0.146 e. The number of aromatic nitrogens is 4. The number of fused-ring (bicyclic) bond motifs is 1. The van der Waals surface area contributed by atoms with E-state index in [1.165, 1.54) is 29.7 Å². The van der Waals surface area contributed by atoms with Crippen LogP contribution in [0, 0.1) is 13.8 Å². The molecule has 7 heteroatoms. The fourth-order valence-electron chi connectivity index (χ4n) is 4.52. The van der Waals surface area contributed by atoms with Gasteiger partial charge < -0.3 is 9.88 Å². The van der Waals surface area contributed by atoms with Crippen LogP contribution in [0.15, 0.2) is 42.7 Å². The molecule has 1 fully saturated rings. The van der Waals surface area contributed by atoms with Crippen LogP contribution in [0.5, 0.6) is 0 Å². The Balaban J connectivity index is 1.58. The van der Waals surface area contributed by atoms with Gasteiger partial charge >= 0.3 is 0 Å². The van der Waals surface area contributed by atoms with Gasteiger partial charge in [-0.05, 0) is 50.9 Å². The number of aryl methyl sites for hydroxylation is 3. The molecule has 0 unspecified atom stereocenters. The molecule has 0 saturated carbocycles. The predicted octanol–water partition coefficient (Wildman–Crippen LogP) is 5.23. The fraction of sp³-hybridized carbons (Fsp3) is 0.400. The highest BCUT2D eigenvalue weighted by atomic mass is 32.1. The molecule has 1 aliphatic rings. The topological polar surface area (TPSA) is 58.9 Å². The lowest BCUT2D eigenvalue weighted by atomic mass is 10.1. The molecule has 4 aromatic rings. The molecule has 0 aliphatic carbocycles.